The molecule has 0 bridgehead atoms. The second kappa shape index (κ2) is 7.42. The quantitative estimate of drug-likeness (QED) is 0.818. The topological polar surface area (TPSA) is 60.9 Å². The molecule has 2 rings (SSSR count). The zero-order valence-corrected chi connectivity index (χ0v) is 15.5. The second-order valence-corrected chi connectivity index (χ2v) is 6.55. The SMILES string of the molecule is COc1ccc(N(C(=O)OC(C)(C)C)c2cc(C)ccn2)cc1OC. The molecule has 1 heterocycles. The van der Waals surface area contributed by atoms with E-state index < -0.39 is 11.7 Å². The van der Waals surface area contributed by atoms with Gasteiger partial charge in [0.25, 0.3) is 0 Å². The molecule has 2 aromatic rings. The van der Waals surface area contributed by atoms with Crippen molar-refractivity contribution in [2.24, 2.45) is 0 Å². The minimum atomic E-state index is -0.629. The Hall–Kier alpha value is -2.76. The summed E-state index contributed by atoms with van der Waals surface area (Å²) in [5, 5.41) is 0. The van der Waals surface area contributed by atoms with Crippen molar-refractivity contribution in [1.82, 2.24) is 4.98 Å². The molecule has 0 unspecified atom stereocenters. The van der Waals surface area contributed by atoms with E-state index in [0.29, 0.717) is 23.0 Å². The predicted molar refractivity (Wildman–Crippen MR) is 96.9 cm³/mol. The highest BCUT2D eigenvalue weighted by Crippen LogP contribution is 2.35. The number of nitrogens with zero attached hydrogens (tertiary/aromatic N) is 2. The van der Waals surface area contributed by atoms with Crippen molar-refractivity contribution in [3.8, 4) is 11.5 Å². The molecule has 1 aromatic carbocycles. The lowest BCUT2D eigenvalue weighted by Gasteiger charge is -2.27. The Morgan fingerprint density at radius 1 is 1.04 bits per heavy atom. The third kappa shape index (κ3) is 4.62. The Labute approximate surface area is 148 Å². The first-order valence-electron chi connectivity index (χ1n) is 7.93. The molecule has 0 fully saturated rings. The predicted octanol–water partition coefficient (Wildman–Crippen LogP) is 4.48. The highest BCUT2D eigenvalue weighted by molar-refractivity contribution is 5.95. The average Bonchev–Trinajstić information content (AvgIpc) is 2.53. The summed E-state index contributed by atoms with van der Waals surface area (Å²) < 4.78 is 16.2. The fourth-order valence-corrected chi connectivity index (χ4v) is 2.25. The third-order valence-corrected chi connectivity index (χ3v) is 3.33. The maximum absolute atomic E-state index is 12.8. The van der Waals surface area contributed by atoms with Crippen molar-refractivity contribution in [1.29, 1.82) is 0 Å². The van der Waals surface area contributed by atoms with Crippen LogP contribution in [0.15, 0.2) is 36.5 Å². The molecule has 0 radical (unpaired) electrons. The number of benzene rings is 1. The highest BCUT2D eigenvalue weighted by atomic mass is 16.6. The van der Waals surface area contributed by atoms with Crippen molar-refractivity contribution in [3.63, 3.8) is 0 Å². The van der Waals surface area contributed by atoms with Crippen LogP contribution in [0.1, 0.15) is 26.3 Å². The van der Waals surface area contributed by atoms with Gasteiger partial charge in [0.1, 0.15) is 11.4 Å². The molecule has 0 N–H and O–H groups in total. The Morgan fingerprint density at radius 3 is 2.28 bits per heavy atom. The molecule has 25 heavy (non-hydrogen) atoms. The van der Waals surface area contributed by atoms with Crippen molar-refractivity contribution < 1.29 is 19.0 Å². The summed E-state index contributed by atoms with van der Waals surface area (Å²) in [6, 6.07) is 8.90. The molecular weight excluding hydrogens is 320 g/mol. The summed E-state index contributed by atoms with van der Waals surface area (Å²) in [5.74, 6) is 1.57. The van der Waals surface area contributed by atoms with Crippen LogP contribution in [-0.4, -0.2) is 30.9 Å². The number of aryl methyl sites for hydroxylation is 1. The largest absolute Gasteiger partial charge is 0.493 e. The molecule has 1 amide bonds. The third-order valence-electron chi connectivity index (χ3n) is 3.33. The van der Waals surface area contributed by atoms with Crippen LogP contribution in [0.4, 0.5) is 16.3 Å². The van der Waals surface area contributed by atoms with E-state index >= 15 is 0 Å². The Kier molecular flexibility index (Phi) is 5.51. The normalized spacial score (nSPS) is 11.0. The van der Waals surface area contributed by atoms with Crippen LogP contribution < -0.4 is 14.4 Å². The Morgan fingerprint density at radius 2 is 1.72 bits per heavy atom. The van der Waals surface area contributed by atoms with Crippen LogP contribution in [0.3, 0.4) is 0 Å². The van der Waals surface area contributed by atoms with Crippen LogP contribution in [0.2, 0.25) is 0 Å². The molecule has 6 nitrogen and oxygen atoms in total. The molecule has 0 atom stereocenters. The molecule has 0 aliphatic carbocycles. The van der Waals surface area contributed by atoms with Gasteiger partial charge in [-0.15, -0.1) is 0 Å². The lowest BCUT2D eigenvalue weighted by Crippen LogP contribution is -2.34. The summed E-state index contributed by atoms with van der Waals surface area (Å²) in [5.41, 5.74) is 0.930. The van der Waals surface area contributed by atoms with E-state index in [1.54, 1.807) is 38.6 Å². The minimum absolute atomic E-state index is 0.474. The maximum atomic E-state index is 12.8. The first-order chi connectivity index (χ1) is 11.7. The fraction of sp³-hybridized carbons (Fsp3) is 0.368. The van der Waals surface area contributed by atoms with Gasteiger partial charge in [-0.1, -0.05) is 0 Å². The fourth-order valence-electron chi connectivity index (χ4n) is 2.25. The van der Waals surface area contributed by atoms with Gasteiger partial charge in [-0.05, 0) is 57.5 Å². The van der Waals surface area contributed by atoms with Gasteiger partial charge < -0.3 is 14.2 Å². The number of hydrogen-bond donors (Lipinski definition) is 0. The molecule has 0 aliphatic heterocycles. The number of aromatic nitrogens is 1. The standard InChI is InChI=1S/C19H24N2O4/c1-13-9-10-20-17(11-13)21(18(22)25-19(2,3)4)14-7-8-15(23-5)16(12-14)24-6/h7-12H,1-6H3. The van der Waals surface area contributed by atoms with Crippen LogP contribution in [-0.2, 0) is 4.74 Å². The Bertz CT molecular complexity index is 753. The number of hydrogen-bond acceptors (Lipinski definition) is 5. The van der Waals surface area contributed by atoms with Gasteiger partial charge in [0.05, 0.1) is 19.9 Å². The van der Waals surface area contributed by atoms with Crippen molar-refractivity contribution in [2.75, 3.05) is 19.1 Å². The van der Waals surface area contributed by atoms with Crippen LogP contribution >= 0.6 is 0 Å². The van der Waals surface area contributed by atoms with Gasteiger partial charge in [0.2, 0.25) is 0 Å². The summed E-state index contributed by atoms with van der Waals surface area (Å²) in [6.45, 7) is 7.40. The van der Waals surface area contributed by atoms with Crippen LogP contribution in [0.25, 0.3) is 0 Å². The number of rotatable bonds is 4. The number of carbonyl (C=O) groups excluding carboxylic acids is 1. The molecule has 6 heteroatoms. The monoisotopic (exact) mass is 344 g/mol. The van der Waals surface area contributed by atoms with Crippen LogP contribution in [0.5, 0.6) is 11.5 Å². The molecule has 0 saturated heterocycles. The van der Waals surface area contributed by atoms with E-state index in [9.17, 15) is 4.79 Å². The van der Waals surface area contributed by atoms with Gasteiger partial charge in [-0.3, -0.25) is 0 Å². The van der Waals surface area contributed by atoms with Gasteiger partial charge in [-0.25, -0.2) is 14.7 Å². The van der Waals surface area contributed by atoms with E-state index in [-0.39, 0.29) is 0 Å². The molecular formula is C19H24N2O4. The first kappa shape index (κ1) is 18.6. The number of pyridine rings is 1. The zero-order valence-electron chi connectivity index (χ0n) is 15.5. The smallest absolute Gasteiger partial charge is 0.420 e. The van der Waals surface area contributed by atoms with Crippen LogP contribution in [0, 0.1) is 6.92 Å². The number of amides is 1. The van der Waals surface area contributed by atoms with E-state index in [4.69, 9.17) is 14.2 Å². The molecule has 1 aromatic heterocycles. The summed E-state index contributed by atoms with van der Waals surface area (Å²) in [6.07, 6.45) is 1.14. The van der Waals surface area contributed by atoms with Crippen molar-refractivity contribution in [2.45, 2.75) is 33.3 Å². The minimum Gasteiger partial charge on any atom is -0.493 e. The van der Waals surface area contributed by atoms with Gasteiger partial charge in [0, 0.05) is 12.3 Å². The second-order valence-electron chi connectivity index (χ2n) is 6.55. The summed E-state index contributed by atoms with van der Waals surface area (Å²) >= 11 is 0. The molecule has 0 saturated carbocycles. The van der Waals surface area contributed by atoms with E-state index in [0.717, 1.165) is 5.56 Å². The highest BCUT2D eigenvalue weighted by Gasteiger charge is 2.26. The number of ether oxygens (including phenoxy) is 3. The summed E-state index contributed by atoms with van der Waals surface area (Å²) in [7, 11) is 3.11. The number of methoxy groups -OCH3 is 2. The van der Waals surface area contributed by atoms with Gasteiger partial charge >= 0.3 is 6.09 Å². The van der Waals surface area contributed by atoms with E-state index in [1.165, 1.54) is 4.90 Å². The Balaban J connectivity index is 2.53. The van der Waals surface area contributed by atoms with Gasteiger partial charge in [-0.2, -0.15) is 0 Å². The number of anilines is 2. The summed E-state index contributed by atoms with van der Waals surface area (Å²) in [4.78, 5) is 18.6. The van der Waals surface area contributed by atoms with Gasteiger partial charge in [0.15, 0.2) is 11.5 Å². The molecule has 134 valence electrons. The lowest BCUT2D eigenvalue weighted by atomic mass is 10.2. The van der Waals surface area contributed by atoms with E-state index in [1.807, 2.05) is 39.8 Å². The molecule has 0 spiro atoms. The zero-order chi connectivity index (χ0) is 18.6. The van der Waals surface area contributed by atoms with Crippen molar-refractivity contribution >= 4 is 17.6 Å². The maximum Gasteiger partial charge on any atom is 0.420 e. The van der Waals surface area contributed by atoms with E-state index in [2.05, 4.69) is 4.98 Å². The average molecular weight is 344 g/mol. The first-order valence-corrected chi connectivity index (χ1v) is 7.93. The molecule has 0 aliphatic rings. The number of carbonyl (C=O) groups is 1. The lowest BCUT2D eigenvalue weighted by molar-refractivity contribution is 0.0598. The van der Waals surface area contributed by atoms with Crippen molar-refractivity contribution in [3.05, 3.63) is 42.1 Å².